The molecule has 4 amide bonds. The Kier molecular flexibility index (Phi) is 10.4. The molecule has 0 aromatic heterocycles. The van der Waals surface area contributed by atoms with E-state index in [4.69, 9.17) is 22.1 Å². The molecule has 2 atom stereocenters. The van der Waals surface area contributed by atoms with Crippen molar-refractivity contribution in [2.75, 3.05) is 70.1 Å². The van der Waals surface area contributed by atoms with E-state index in [1.165, 1.54) is 6.07 Å². The molecular formula is C34H42ClF3N6O4. The quantitative estimate of drug-likeness (QED) is 0.414. The van der Waals surface area contributed by atoms with Crippen LogP contribution in [-0.4, -0.2) is 109 Å². The normalized spacial score (nSPS) is 21.9. The van der Waals surface area contributed by atoms with Gasteiger partial charge in [-0.25, -0.2) is 4.79 Å². The Labute approximate surface area is 283 Å². The number of hydrogen-bond acceptors (Lipinski definition) is 6. The van der Waals surface area contributed by atoms with Crippen LogP contribution in [-0.2, 0) is 33.3 Å². The summed E-state index contributed by atoms with van der Waals surface area (Å²) in [4.78, 5) is 48.3. The Balaban J connectivity index is 1.12. The first-order chi connectivity index (χ1) is 23.0. The Morgan fingerprint density at radius 3 is 2.40 bits per heavy atom. The number of fused-ring (bicyclic) bond motifs is 1. The number of carbonyl (C=O) groups excluding carboxylic acids is 3. The minimum absolute atomic E-state index is 0.0416. The number of hydrogen-bond donors (Lipinski definition) is 2. The smallest absolute Gasteiger partial charge is 0.397 e. The minimum Gasteiger partial charge on any atom is -0.397 e. The van der Waals surface area contributed by atoms with Gasteiger partial charge >= 0.3 is 12.2 Å². The van der Waals surface area contributed by atoms with Gasteiger partial charge in [-0.05, 0) is 61.4 Å². The van der Waals surface area contributed by atoms with Crippen LogP contribution < -0.4 is 11.1 Å². The molecule has 0 saturated carbocycles. The fourth-order valence-electron chi connectivity index (χ4n) is 7.44. The number of carbonyl (C=O) groups is 3. The van der Waals surface area contributed by atoms with Crippen LogP contribution in [0.2, 0.25) is 5.02 Å². The van der Waals surface area contributed by atoms with E-state index in [9.17, 15) is 27.6 Å². The van der Waals surface area contributed by atoms with E-state index >= 15 is 0 Å². The van der Waals surface area contributed by atoms with Gasteiger partial charge in [-0.1, -0.05) is 29.8 Å². The third-order valence-electron chi connectivity index (χ3n) is 10.2. The van der Waals surface area contributed by atoms with Gasteiger partial charge in [0.2, 0.25) is 11.8 Å². The molecule has 0 aliphatic carbocycles. The molecule has 3 saturated heterocycles. The van der Waals surface area contributed by atoms with Gasteiger partial charge in [0.05, 0.1) is 28.8 Å². The standard InChI is InChI=1S/C34H42ClF3N6O4/c35-28-19-22(18-27(31(28)39)34(36,37)38)17-24(32(46)43-14-12-41(13-15-43)26-8-16-48-21-26)20-30(45)42-9-6-25(7-10-42)44-11-5-23-3-1-2-4-29(23)40-33(44)47/h1-4,18-19,24-26H,5-17,20-21,39H2,(H,40,47)/t24-,26?/m0/s1. The summed E-state index contributed by atoms with van der Waals surface area (Å²) in [6.45, 7) is 5.02. The molecule has 10 nitrogen and oxygen atoms in total. The summed E-state index contributed by atoms with van der Waals surface area (Å²) in [6.07, 6.45) is -2.12. The Hall–Kier alpha value is -3.55. The predicted octanol–water partition coefficient (Wildman–Crippen LogP) is 4.50. The molecule has 1 unspecified atom stereocenters. The number of halogens is 4. The van der Waals surface area contributed by atoms with E-state index in [1.54, 1.807) is 9.80 Å². The van der Waals surface area contributed by atoms with Crippen LogP contribution in [0.1, 0.15) is 42.4 Å². The van der Waals surface area contributed by atoms with Crippen molar-refractivity contribution in [1.29, 1.82) is 0 Å². The zero-order valence-electron chi connectivity index (χ0n) is 26.8. The van der Waals surface area contributed by atoms with Crippen molar-refractivity contribution in [3.8, 4) is 0 Å². The van der Waals surface area contributed by atoms with Gasteiger partial charge in [0, 0.05) is 76.6 Å². The molecule has 14 heteroatoms. The number of anilines is 2. The molecule has 2 aromatic carbocycles. The number of ether oxygens (including phenoxy) is 1. The van der Waals surface area contributed by atoms with Crippen LogP contribution >= 0.6 is 11.6 Å². The maximum atomic E-state index is 14.0. The second-order valence-electron chi connectivity index (χ2n) is 13.2. The van der Waals surface area contributed by atoms with Gasteiger partial charge in [-0.2, -0.15) is 13.2 Å². The SMILES string of the molecule is Nc1c(Cl)cc(C[C@@H](CC(=O)N2CCC(N3CCc4ccccc4NC3=O)CC2)C(=O)N2CCN(C3CCOC3)CC2)cc1C(F)(F)F. The fourth-order valence-corrected chi connectivity index (χ4v) is 7.68. The topological polar surface area (TPSA) is 111 Å². The van der Waals surface area contributed by atoms with Gasteiger partial charge in [0.1, 0.15) is 0 Å². The lowest BCUT2D eigenvalue weighted by Crippen LogP contribution is -2.54. The first kappa shape index (κ1) is 34.3. The van der Waals surface area contributed by atoms with E-state index in [1.807, 2.05) is 29.2 Å². The van der Waals surface area contributed by atoms with Gasteiger partial charge in [0.25, 0.3) is 0 Å². The summed E-state index contributed by atoms with van der Waals surface area (Å²) in [5.41, 5.74) is 6.13. The summed E-state index contributed by atoms with van der Waals surface area (Å²) in [5, 5.41) is 2.76. The minimum atomic E-state index is -4.73. The highest BCUT2D eigenvalue weighted by Crippen LogP contribution is 2.38. The van der Waals surface area contributed by atoms with Crippen LogP contribution in [0.15, 0.2) is 36.4 Å². The third kappa shape index (κ3) is 7.68. The molecule has 3 N–H and O–H groups in total. The Morgan fingerprint density at radius 1 is 0.979 bits per heavy atom. The number of nitrogens with two attached hydrogens (primary N) is 1. The number of benzene rings is 2. The van der Waals surface area contributed by atoms with E-state index in [0.29, 0.717) is 71.3 Å². The predicted molar refractivity (Wildman–Crippen MR) is 176 cm³/mol. The highest BCUT2D eigenvalue weighted by Gasteiger charge is 2.37. The number of urea groups is 1. The summed E-state index contributed by atoms with van der Waals surface area (Å²) in [6, 6.07) is 10.1. The van der Waals surface area contributed by atoms with Crippen LogP contribution in [0, 0.1) is 5.92 Å². The molecule has 4 heterocycles. The van der Waals surface area contributed by atoms with Crippen molar-refractivity contribution in [2.24, 2.45) is 5.92 Å². The molecule has 6 rings (SSSR count). The van der Waals surface area contributed by atoms with E-state index < -0.39 is 23.3 Å². The van der Waals surface area contributed by atoms with Crippen LogP contribution in [0.25, 0.3) is 0 Å². The number of piperidine rings is 1. The third-order valence-corrected chi connectivity index (χ3v) is 10.5. The van der Waals surface area contributed by atoms with Crippen molar-refractivity contribution < 1.29 is 32.3 Å². The maximum Gasteiger partial charge on any atom is 0.418 e. The Morgan fingerprint density at radius 2 is 1.71 bits per heavy atom. The van der Waals surface area contributed by atoms with Crippen LogP contribution in [0.3, 0.4) is 0 Å². The van der Waals surface area contributed by atoms with Gasteiger partial charge in [0.15, 0.2) is 0 Å². The monoisotopic (exact) mass is 690 g/mol. The number of amides is 4. The van der Waals surface area contributed by atoms with Crippen LogP contribution in [0.4, 0.5) is 29.3 Å². The van der Waals surface area contributed by atoms with E-state index in [-0.39, 0.29) is 47.3 Å². The number of nitrogens with one attached hydrogen (secondary N) is 1. The lowest BCUT2D eigenvalue weighted by molar-refractivity contribution is -0.143. The van der Waals surface area contributed by atoms with Crippen LogP contribution in [0.5, 0.6) is 0 Å². The summed E-state index contributed by atoms with van der Waals surface area (Å²) in [7, 11) is 0. The number of nitrogen functional groups attached to an aromatic ring is 1. The highest BCUT2D eigenvalue weighted by molar-refractivity contribution is 6.33. The molecule has 0 bridgehead atoms. The largest absolute Gasteiger partial charge is 0.418 e. The lowest BCUT2D eigenvalue weighted by Gasteiger charge is -2.40. The van der Waals surface area contributed by atoms with Gasteiger partial charge in [-0.3, -0.25) is 14.5 Å². The first-order valence-electron chi connectivity index (χ1n) is 16.7. The molecule has 2 aromatic rings. The summed E-state index contributed by atoms with van der Waals surface area (Å²) < 4.78 is 46.9. The number of likely N-dealkylation sites (tertiary alicyclic amines) is 1. The van der Waals surface area contributed by atoms with Crippen molar-refractivity contribution in [3.05, 3.63) is 58.1 Å². The summed E-state index contributed by atoms with van der Waals surface area (Å²) in [5.74, 6) is -1.38. The fraction of sp³-hybridized carbons (Fsp3) is 0.559. The molecular weight excluding hydrogens is 649 g/mol. The van der Waals surface area contributed by atoms with Crippen molar-refractivity contribution in [1.82, 2.24) is 19.6 Å². The lowest BCUT2D eigenvalue weighted by atomic mass is 9.91. The highest BCUT2D eigenvalue weighted by atomic mass is 35.5. The number of para-hydroxylation sites is 1. The zero-order valence-corrected chi connectivity index (χ0v) is 27.6. The number of alkyl halides is 3. The number of piperazine rings is 1. The van der Waals surface area contributed by atoms with Gasteiger partial charge < -0.3 is 30.5 Å². The molecule has 260 valence electrons. The number of rotatable bonds is 7. The molecule has 0 spiro atoms. The molecule has 0 radical (unpaired) electrons. The van der Waals surface area contributed by atoms with Crippen molar-refractivity contribution in [3.63, 3.8) is 0 Å². The van der Waals surface area contributed by atoms with E-state index in [2.05, 4.69) is 10.2 Å². The average Bonchev–Trinajstić information content (AvgIpc) is 3.56. The molecule has 4 aliphatic heterocycles. The second kappa shape index (κ2) is 14.5. The summed E-state index contributed by atoms with van der Waals surface area (Å²) >= 11 is 6.12. The average molecular weight is 691 g/mol. The maximum absolute atomic E-state index is 14.0. The van der Waals surface area contributed by atoms with E-state index in [0.717, 1.165) is 36.8 Å². The molecule has 4 aliphatic rings. The van der Waals surface area contributed by atoms with Crippen molar-refractivity contribution >= 4 is 40.8 Å². The second-order valence-corrected chi connectivity index (χ2v) is 13.6. The Bertz CT molecular complexity index is 1500. The van der Waals surface area contributed by atoms with Gasteiger partial charge in [-0.15, -0.1) is 0 Å². The first-order valence-corrected chi connectivity index (χ1v) is 17.0. The zero-order chi connectivity index (χ0) is 34.0. The number of nitrogens with zero attached hydrogens (tertiary/aromatic N) is 4. The molecule has 48 heavy (non-hydrogen) atoms. The molecule has 3 fully saturated rings. The van der Waals surface area contributed by atoms with Crippen molar-refractivity contribution in [2.45, 2.75) is 56.8 Å².